The van der Waals surface area contributed by atoms with Crippen molar-refractivity contribution in [3.8, 4) is 5.75 Å². The van der Waals surface area contributed by atoms with Crippen LogP contribution in [0.5, 0.6) is 5.75 Å². The standard InChI is InChI=1S/C15H19NO5/c1-3-8-21-13-6-4-12(5-7-13)9-16(2)14(17)10-20-11-15(18)19/h3-7H,1,8-11H2,2H3,(H,18,19). The molecule has 0 heterocycles. The third-order valence-electron chi connectivity index (χ3n) is 2.59. The van der Waals surface area contributed by atoms with Gasteiger partial charge in [-0.3, -0.25) is 4.79 Å². The van der Waals surface area contributed by atoms with Crippen molar-refractivity contribution < 1.29 is 24.2 Å². The molecule has 1 amide bonds. The van der Waals surface area contributed by atoms with E-state index in [4.69, 9.17) is 14.6 Å². The topological polar surface area (TPSA) is 76.1 Å². The number of nitrogens with zero attached hydrogens (tertiary/aromatic N) is 1. The summed E-state index contributed by atoms with van der Waals surface area (Å²) in [5.41, 5.74) is 0.940. The monoisotopic (exact) mass is 293 g/mol. The molecule has 114 valence electrons. The number of hydrogen-bond acceptors (Lipinski definition) is 4. The Morgan fingerprint density at radius 1 is 1.29 bits per heavy atom. The Morgan fingerprint density at radius 2 is 1.95 bits per heavy atom. The van der Waals surface area contributed by atoms with E-state index in [0.717, 1.165) is 11.3 Å². The van der Waals surface area contributed by atoms with Gasteiger partial charge >= 0.3 is 5.97 Å². The molecular weight excluding hydrogens is 274 g/mol. The third-order valence-corrected chi connectivity index (χ3v) is 2.59. The summed E-state index contributed by atoms with van der Waals surface area (Å²) >= 11 is 0. The zero-order valence-electron chi connectivity index (χ0n) is 11.9. The first kappa shape index (κ1) is 16.7. The molecule has 0 saturated heterocycles. The van der Waals surface area contributed by atoms with Crippen LogP contribution in [0.4, 0.5) is 0 Å². The fourth-order valence-electron chi connectivity index (χ4n) is 1.54. The van der Waals surface area contributed by atoms with Gasteiger partial charge in [-0.05, 0) is 17.7 Å². The van der Waals surface area contributed by atoms with Crippen molar-refractivity contribution in [2.45, 2.75) is 6.54 Å². The van der Waals surface area contributed by atoms with Gasteiger partial charge < -0.3 is 19.5 Å². The summed E-state index contributed by atoms with van der Waals surface area (Å²) < 4.78 is 10.1. The first-order valence-corrected chi connectivity index (χ1v) is 6.39. The molecule has 0 aliphatic heterocycles. The quantitative estimate of drug-likeness (QED) is 0.695. The van der Waals surface area contributed by atoms with Crippen LogP contribution in [-0.2, 0) is 20.9 Å². The lowest BCUT2D eigenvalue weighted by molar-refractivity contribution is -0.145. The van der Waals surface area contributed by atoms with Crippen molar-refractivity contribution >= 4 is 11.9 Å². The van der Waals surface area contributed by atoms with E-state index in [9.17, 15) is 9.59 Å². The number of likely N-dealkylation sites (N-methyl/N-ethyl adjacent to an activating group) is 1. The Hall–Kier alpha value is -2.34. The number of amides is 1. The number of carboxylic acid groups (broad SMARTS) is 1. The fraction of sp³-hybridized carbons (Fsp3) is 0.333. The van der Waals surface area contributed by atoms with Crippen LogP contribution in [0.2, 0.25) is 0 Å². The van der Waals surface area contributed by atoms with E-state index in [2.05, 4.69) is 6.58 Å². The maximum absolute atomic E-state index is 11.7. The van der Waals surface area contributed by atoms with Crippen molar-refractivity contribution in [1.82, 2.24) is 4.90 Å². The van der Waals surface area contributed by atoms with E-state index < -0.39 is 12.6 Å². The van der Waals surface area contributed by atoms with Crippen LogP contribution >= 0.6 is 0 Å². The predicted molar refractivity (Wildman–Crippen MR) is 77.1 cm³/mol. The molecule has 0 unspecified atom stereocenters. The van der Waals surface area contributed by atoms with Crippen molar-refractivity contribution in [3.63, 3.8) is 0 Å². The molecule has 0 aliphatic carbocycles. The second kappa shape index (κ2) is 8.76. The van der Waals surface area contributed by atoms with Gasteiger partial charge in [0.05, 0.1) is 0 Å². The summed E-state index contributed by atoms with van der Waals surface area (Å²) in [6.07, 6.45) is 1.66. The van der Waals surface area contributed by atoms with E-state index in [1.54, 1.807) is 13.1 Å². The van der Waals surface area contributed by atoms with E-state index in [-0.39, 0.29) is 12.5 Å². The van der Waals surface area contributed by atoms with Gasteiger partial charge in [-0.1, -0.05) is 24.8 Å². The Labute approximate surface area is 123 Å². The highest BCUT2D eigenvalue weighted by Crippen LogP contribution is 2.13. The molecule has 1 aromatic carbocycles. The molecule has 0 aliphatic rings. The lowest BCUT2D eigenvalue weighted by atomic mass is 10.2. The van der Waals surface area contributed by atoms with Crippen molar-refractivity contribution in [1.29, 1.82) is 0 Å². The number of rotatable bonds is 9. The molecule has 1 N–H and O–H groups in total. The molecule has 0 saturated carbocycles. The van der Waals surface area contributed by atoms with Crippen LogP contribution in [0.3, 0.4) is 0 Å². The normalized spacial score (nSPS) is 9.95. The van der Waals surface area contributed by atoms with E-state index in [0.29, 0.717) is 13.2 Å². The molecule has 0 spiro atoms. The summed E-state index contributed by atoms with van der Waals surface area (Å²) in [4.78, 5) is 23.5. The number of carboxylic acids is 1. The summed E-state index contributed by atoms with van der Waals surface area (Å²) in [5.74, 6) is -0.638. The van der Waals surface area contributed by atoms with E-state index >= 15 is 0 Å². The van der Waals surface area contributed by atoms with Gasteiger partial charge in [-0.15, -0.1) is 0 Å². The van der Waals surface area contributed by atoms with Crippen LogP contribution in [0.25, 0.3) is 0 Å². The SMILES string of the molecule is C=CCOc1ccc(CN(C)C(=O)COCC(=O)O)cc1. The van der Waals surface area contributed by atoms with Gasteiger partial charge in [0.25, 0.3) is 0 Å². The molecule has 1 rings (SSSR count). The number of carbonyl (C=O) groups excluding carboxylic acids is 1. The van der Waals surface area contributed by atoms with Gasteiger partial charge in [0.2, 0.25) is 5.91 Å². The number of carbonyl (C=O) groups is 2. The average Bonchev–Trinajstić information content (AvgIpc) is 2.46. The summed E-state index contributed by atoms with van der Waals surface area (Å²) in [6.45, 7) is 3.70. The van der Waals surface area contributed by atoms with Gasteiger partial charge in [0, 0.05) is 13.6 Å². The Bertz CT molecular complexity index is 483. The summed E-state index contributed by atoms with van der Waals surface area (Å²) in [7, 11) is 1.63. The minimum Gasteiger partial charge on any atom is -0.490 e. The van der Waals surface area contributed by atoms with E-state index in [1.165, 1.54) is 4.90 Å². The maximum atomic E-state index is 11.7. The van der Waals surface area contributed by atoms with Gasteiger partial charge in [0.15, 0.2) is 0 Å². The molecule has 6 nitrogen and oxygen atoms in total. The van der Waals surface area contributed by atoms with Gasteiger partial charge in [0.1, 0.15) is 25.6 Å². The lowest BCUT2D eigenvalue weighted by Gasteiger charge is -2.17. The average molecular weight is 293 g/mol. The van der Waals surface area contributed by atoms with Crippen LogP contribution in [-0.4, -0.2) is 48.8 Å². The number of hydrogen-bond donors (Lipinski definition) is 1. The zero-order chi connectivity index (χ0) is 15.7. The van der Waals surface area contributed by atoms with Crippen molar-refractivity contribution in [3.05, 3.63) is 42.5 Å². The van der Waals surface area contributed by atoms with Crippen molar-refractivity contribution in [2.75, 3.05) is 26.9 Å². The molecule has 21 heavy (non-hydrogen) atoms. The van der Waals surface area contributed by atoms with Crippen LogP contribution in [0.15, 0.2) is 36.9 Å². The minimum absolute atomic E-state index is 0.247. The summed E-state index contributed by atoms with van der Waals surface area (Å²) in [6, 6.07) is 7.36. The molecule has 0 radical (unpaired) electrons. The smallest absolute Gasteiger partial charge is 0.329 e. The highest BCUT2D eigenvalue weighted by molar-refractivity contribution is 5.77. The first-order chi connectivity index (χ1) is 10.0. The van der Waals surface area contributed by atoms with E-state index in [1.807, 2.05) is 24.3 Å². The molecule has 0 bridgehead atoms. The van der Waals surface area contributed by atoms with Crippen LogP contribution < -0.4 is 4.74 Å². The Balaban J connectivity index is 2.42. The molecule has 0 fully saturated rings. The summed E-state index contributed by atoms with van der Waals surface area (Å²) in [5, 5.41) is 8.42. The van der Waals surface area contributed by atoms with Gasteiger partial charge in [-0.2, -0.15) is 0 Å². The zero-order valence-corrected chi connectivity index (χ0v) is 11.9. The first-order valence-electron chi connectivity index (χ1n) is 6.39. The van der Waals surface area contributed by atoms with Crippen LogP contribution in [0.1, 0.15) is 5.56 Å². The van der Waals surface area contributed by atoms with Crippen molar-refractivity contribution in [2.24, 2.45) is 0 Å². The second-order valence-electron chi connectivity index (χ2n) is 4.38. The van der Waals surface area contributed by atoms with Crippen LogP contribution in [0, 0.1) is 0 Å². The predicted octanol–water partition coefficient (Wildman–Crippen LogP) is 1.31. The molecular formula is C15H19NO5. The van der Waals surface area contributed by atoms with Gasteiger partial charge in [-0.25, -0.2) is 4.79 Å². The molecule has 0 aromatic heterocycles. The largest absolute Gasteiger partial charge is 0.490 e. The maximum Gasteiger partial charge on any atom is 0.329 e. The molecule has 1 aromatic rings. The highest BCUT2D eigenvalue weighted by atomic mass is 16.5. The minimum atomic E-state index is -1.10. The third kappa shape index (κ3) is 6.58. The number of aliphatic carboxylic acids is 1. The Morgan fingerprint density at radius 3 is 2.52 bits per heavy atom. The second-order valence-corrected chi connectivity index (χ2v) is 4.38. The fourth-order valence-corrected chi connectivity index (χ4v) is 1.54. The lowest BCUT2D eigenvalue weighted by Crippen LogP contribution is -2.30. The Kier molecular flexibility index (Phi) is 6.97. The number of ether oxygens (including phenoxy) is 2. The highest BCUT2D eigenvalue weighted by Gasteiger charge is 2.10. The number of benzene rings is 1. The molecule has 0 atom stereocenters. The molecule has 6 heteroatoms.